The van der Waals surface area contributed by atoms with Gasteiger partial charge in [0.15, 0.2) is 0 Å². The Kier molecular flexibility index (Phi) is 3.48. The van der Waals surface area contributed by atoms with Crippen molar-refractivity contribution >= 4 is 11.3 Å². The third kappa shape index (κ3) is 2.89. The summed E-state index contributed by atoms with van der Waals surface area (Å²) in [7, 11) is 0. The molecule has 2 saturated carbocycles. The zero-order chi connectivity index (χ0) is 11.7. The predicted molar refractivity (Wildman–Crippen MR) is 72.1 cm³/mol. The zero-order valence-electron chi connectivity index (χ0n) is 10.6. The van der Waals surface area contributed by atoms with Crippen molar-refractivity contribution in [1.82, 2.24) is 10.3 Å². The molecule has 3 rings (SSSR count). The summed E-state index contributed by atoms with van der Waals surface area (Å²) >= 11 is 1.77. The van der Waals surface area contributed by atoms with Crippen LogP contribution in [-0.2, 0) is 0 Å². The molecule has 2 fully saturated rings. The average Bonchev–Trinajstić information content (AvgIpc) is 3.04. The van der Waals surface area contributed by atoms with E-state index in [1.165, 1.54) is 43.5 Å². The van der Waals surface area contributed by atoms with Gasteiger partial charge >= 0.3 is 0 Å². The van der Waals surface area contributed by atoms with Gasteiger partial charge in [-0.1, -0.05) is 12.8 Å². The minimum Gasteiger partial charge on any atom is -0.305 e. The third-order valence-corrected chi connectivity index (χ3v) is 5.27. The van der Waals surface area contributed by atoms with E-state index in [1.54, 1.807) is 11.3 Å². The van der Waals surface area contributed by atoms with E-state index in [1.807, 2.05) is 6.20 Å². The van der Waals surface area contributed by atoms with Crippen molar-refractivity contribution in [3.8, 4) is 0 Å². The van der Waals surface area contributed by atoms with Gasteiger partial charge in [-0.15, -0.1) is 11.3 Å². The Hall–Kier alpha value is -0.410. The van der Waals surface area contributed by atoms with E-state index in [2.05, 4.69) is 22.6 Å². The predicted octanol–water partition coefficient (Wildman–Crippen LogP) is 3.76. The molecule has 1 N–H and O–H groups in total. The molecule has 1 heterocycles. The van der Waals surface area contributed by atoms with Gasteiger partial charge in [-0.2, -0.15) is 0 Å². The van der Waals surface area contributed by atoms with Crippen molar-refractivity contribution in [2.75, 3.05) is 0 Å². The maximum atomic E-state index is 4.40. The highest BCUT2D eigenvalue weighted by molar-refractivity contribution is 7.09. The largest absolute Gasteiger partial charge is 0.305 e. The normalized spacial score (nSPS) is 31.4. The van der Waals surface area contributed by atoms with Crippen molar-refractivity contribution in [2.24, 2.45) is 11.8 Å². The lowest BCUT2D eigenvalue weighted by Gasteiger charge is -2.31. The summed E-state index contributed by atoms with van der Waals surface area (Å²) in [6.45, 7) is 2.25. The third-order valence-electron chi connectivity index (χ3n) is 4.31. The van der Waals surface area contributed by atoms with E-state index in [9.17, 15) is 0 Å². The van der Waals surface area contributed by atoms with Crippen LogP contribution in [0.15, 0.2) is 11.6 Å². The van der Waals surface area contributed by atoms with E-state index >= 15 is 0 Å². The summed E-state index contributed by atoms with van der Waals surface area (Å²) in [6.07, 6.45) is 10.6. The Morgan fingerprint density at radius 1 is 1.29 bits per heavy atom. The Bertz CT molecular complexity index is 345. The lowest BCUT2D eigenvalue weighted by atomic mass is 9.82. The molecule has 0 amide bonds. The van der Waals surface area contributed by atoms with E-state index in [0.29, 0.717) is 6.04 Å². The molecule has 3 unspecified atom stereocenters. The van der Waals surface area contributed by atoms with Crippen LogP contribution >= 0.6 is 11.3 Å². The van der Waals surface area contributed by atoms with Crippen molar-refractivity contribution in [3.05, 3.63) is 16.6 Å². The van der Waals surface area contributed by atoms with E-state index < -0.39 is 0 Å². The average molecular weight is 250 g/mol. The molecular formula is C14H22N2S. The van der Waals surface area contributed by atoms with Crippen molar-refractivity contribution in [3.63, 3.8) is 0 Å². The molecule has 2 aliphatic rings. The van der Waals surface area contributed by atoms with Crippen LogP contribution in [0.5, 0.6) is 0 Å². The lowest BCUT2D eigenvalue weighted by molar-refractivity contribution is 0.249. The van der Waals surface area contributed by atoms with Gasteiger partial charge < -0.3 is 5.32 Å². The first-order chi connectivity index (χ1) is 8.33. The van der Waals surface area contributed by atoms with Gasteiger partial charge in [0.25, 0.3) is 0 Å². The van der Waals surface area contributed by atoms with Gasteiger partial charge in [0, 0.05) is 17.6 Å². The van der Waals surface area contributed by atoms with Crippen LogP contribution in [0.1, 0.15) is 56.5 Å². The molecule has 1 aromatic heterocycles. The van der Waals surface area contributed by atoms with Gasteiger partial charge in [0.05, 0.1) is 6.04 Å². The summed E-state index contributed by atoms with van der Waals surface area (Å²) in [5.74, 6) is 2.10. The Morgan fingerprint density at radius 3 is 2.88 bits per heavy atom. The second kappa shape index (κ2) is 5.07. The molecule has 17 heavy (non-hydrogen) atoms. The maximum absolute atomic E-state index is 4.40. The molecule has 3 heteroatoms. The number of hydrogen-bond donors (Lipinski definition) is 1. The van der Waals surface area contributed by atoms with Crippen LogP contribution in [0.3, 0.4) is 0 Å². The molecule has 0 aliphatic heterocycles. The second-order valence-electron chi connectivity index (χ2n) is 5.72. The van der Waals surface area contributed by atoms with Gasteiger partial charge in [-0.25, -0.2) is 4.98 Å². The molecule has 2 aliphatic carbocycles. The van der Waals surface area contributed by atoms with E-state index in [-0.39, 0.29) is 0 Å². The Morgan fingerprint density at radius 2 is 2.18 bits per heavy atom. The van der Waals surface area contributed by atoms with Crippen molar-refractivity contribution in [1.29, 1.82) is 0 Å². The van der Waals surface area contributed by atoms with Crippen LogP contribution in [0, 0.1) is 11.8 Å². The summed E-state index contributed by atoms with van der Waals surface area (Å²) in [5.41, 5.74) is 0. The van der Waals surface area contributed by atoms with Gasteiger partial charge in [-0.3, -0.25) is 0 Å². The quantitative estimate of drug-likeness (QED) is 0.880. The van der Waals surface area contributed by atoms with Gasteiger partial charge in [0.1, 0.15) is 5.01 Å². The minimum atomic E-state index is 0.429. The first kappa shape index (κ1) is 11.7. The molecule has 0 bridgehead atoms. The molecule has 0 radical (unpaired) electrons. The fourth-order valence-corrected chi connectivity index (χ4v) is 3.90. The monoisotopic (exact) mass is 250 g/mol. The first-order valence-electron chi connectivity index (χ1n) is 6.98. The molecular weight excluding hydrogens is 228 g/mol. The number of thiazole rings is 1. The Labute approximate surface area is 108 Å². The molecule has 2 nitrogen and oxygen atoms in total. The topological polar surface area (TPSA) is 24.9 Å². The lowest BCUT2D eigenvalue weighted by Crippen LogP contribution is -2.36. The number of hydrogen-bond acceptors (Lipinski definition) is 3. The molecule has 0 aromatic carbocycles. The molecule has 94 valence electrons. The van der Waals surface area contributed by atoms with Gasteiger partial charge in [-0.05, 0) is 44.4 Å². The maximum Gasteiger partial charge on any atom is 0.109 e. The standard InChI is InChI=1S/C14H22N2S/c1-10(14-15-7-8-17-14)16-13-4-2-3-12(9-13)11-5-6-11/h7-8,10-13,16H,2-6,9H2,1H3. The smallest absolute Gasteiger partial charge is 0.109 e. The molecule has 0 saturated heterocycles. The zero-order valence-corrected chi connectivity index (χ0v) is 11.4. The highest BCUT2D eigenvalue weighted by Crippen LogP contribution is 2.44. The van der Waals surface area contributed by atoms with Crippen LogP contribution in [-0.4, -0.2) is 11.0 Å². The SMILES string of the molecule is CC(NC1CCCC(C2CC2)C1)c1nccs1. The van der Waals surface area contributed by atoms with Crippen molar-refractivity contribution < 1.29 is 0 Å². The highest BCUT2D eigenvalue weighted by atomic mass is 32.1. The van der Waals surface area contributed by atoms with Gasteiger partial charge in [0.2, 0.25) is 0 Å². The van der Waals surface area contributed by atoms with E-state index in [0.717, 1.165) is 17.9 Å². The number of nitrogens with zero attached hydrogens (tertiary/aromatic N) is 1. The summed E-state index contributed by atoms with van der Waals surface area (Å²) in [5, 5.41) is 7.09. The first-order valence-corrected chi connectivity index (χ1v) is 7.86. The fraction of sp³-hybridized carbons (Fsp3) is 0.786. The summed E-state index contributed by atoms with van der Waals surface area (Å²) in [6, 6.07) is 1.16. The number of nitrogens with one attached hydrogen (secondary N) is 1. The van der Waals surface area contributed by atoms with Crippen LogP contribution in [0.25, 0.3) is 0 Å². The van der Waals surface area contributed by atoms with E-state index in [4.69, 9.17) is 0 Å². The fourth-order valence-electron chi connectivity index (χ4n) is 3.25. The summed E-state index contributed by atoms with van der Waals surface area (Å²) in [4.78, 5) is 4.40. The number of rotatable bonds is 4. The second-order valence-corrected chi connectivity index (χ2v) is 6.65. The van der Waals surface area contributed by atoms with Crippen molar-refractivity contribution in [2.45, 2.75) is 57.5 Å². The minimum absolute atomic E-state index is 0.429. The Balaban J connectivity index is 1.53. The molecule has 1 aromatic rings. The molecule has 0 spiro atoms. The van der Waals surface area contributed by atoms with Crippen LogP contribution < -0.4 is 5.32 Å². The summed E-state index contributed by atoms with van der Waals surface area (Å²) < 4.78 is 0. The highest BCUT2D eigenvalue weighted by Gasteiger charge is 2.34. The van der Waals surface area contributed by atoms with Crippen LogP contribution in [0.4, 0.5) is 0 Å². The van der Waals surface area contributed by atoms with Crippen LogP contribution in [0.2, 0.25) is 0 Å². The number of aromatic nitrogens is 1. The molecule has 3 atom stereocenters.